The lowest BCUT2D eigenvalue weighted by molar-refractivity contribution is -0.0782. The number of hydrogen-bond donors (Lipinski definition) is 3. The van der Waals surface area contributed by atoms with Crippen LogP contribution in [-0.4, -0.2) is 56.6 Å². The first-order valence-electron chi connectivity index (χ1n) is 13.3. The summed E-state index contributed by atoms with van der Waals surface area (Å²) in [5.74, 6) is 0.626. The zero-order valence-corrected chi connectivity index (χ0v) is 21.4. The number of amides is 1. The molecule has 4 saturated heterocycles. The zero-order chi connectivity index (χ0) is 24.5. The Kier molecular flexibility index (Phi) is 7.61. The third-order valence-electron chi connectivity index (χ3n) is 8.90. The van der Waals surface area contributed by atoms with Gasteiger partial charge in [-0.3, -0.25) is 0 Å². The summed E-state index contributed by atoms with van der Waals surface area (Å²) in [6.07, 6.45) is 7.49. The van der Waals surface area contributed by atoms with Crippen LogP contribution in [0.3, 0.4) is 0 Å². The minimum atomic E-state index is -0.637. The normalized spacial score (nSPS) is 36.4. The van der Waals surface area contributed by atoms with E-state index in [4.69, 9.17) is 4.74 Å². The summed E-state index contributed by atoms with van der Waals surface area (Å²) in [7, 11) is 0. The molecule has 1 aromatic rings. The van der Waals surface area contributed by atoms with E-state index in [0.717, 1.165) is 31.2 Å². The molecule has 1 amide bonds. The van der Waals surface area contributed by atoms with Gasteiger partial charge in [0.05, 0.1) is 11.2 Å². The first kappa shape index (κ1) is 25.5. The van der Waals surface area contributed by atoms with E-state index in [1.165, 1.54) is 12.8 Å². The minimum Gasteiger partial charge on any atom is -0.445 e. The highest BCUT2D eigenvalue weighted by atomic mass is 16.6. The van der Waals surface area contributed by atoms with Crippen LogP contribution in [0.4, 0.5) is 4.79 Å². The number of nitrogens with zero attached hydrogens (tertiary/aromatic N) is 1. The average Bonchev–Trinajstić information content (AvgIpc) is 3.29. The molecule has 0 spiro atoms. The molecule has 1 aromatic carbocycles. The third kappa shape index (κ3) is 5.44. The van der Waals surface area contributed by atoms with Crippen molar-refractivity contribution in [3.63, 3.8) is 0 Å². The van der Waals surface area contributed by atoms with Gasteiger partial charge >= 0.3 is 6.09 Å². The number of fused-ring (bicyclic) bond motifs is 4. The van der Waals surface area contributed by atoms with Gasteiger partial charge in [-0.1, -0.05) is 58.0 Å². The first-order chi connectivity index (χ1) is 16.1. The summed E-state index contributed by atoms with van der Waals surface area (Å²) in [6, 6.07) is 11.2. The number of piperidine rings is 2. The fourth-order valence-electron chi connectivity index (χ4n) is 6.46. The van der Waals surface area contributed by atoms with E-state index < -0.39 is 5.60 Å². The Morgan fingerprint density at radius 3 is 1.91 bits per heavy atom. The summed E-state index contributed by atoms with van der Waals surface area (Å²) in [4.78, 5) is 14.3. The van der Waals surface area contributed by atoms with Gasteiger partial charge in [-0.15, -0.1) is 0 Å². The highest BCUT2D eigenvalue weighted by Gasteiger charge is 2.51. The van der Waals surface area contributed by atoms with E-state index in [1.54, 1.807) is 0 Å². The van der Waals surface area contributed by atoms with Gasteiger partial charge in [0, 0.05) is 24.2 Å². The molecular formula is C28H44N2O4. The number of ether oxygens (including phenoxy) is 1. The van der Waals surface area contributed by atoms with Crippen molar-refractivity contribution in [3.8, 4) is 0 Å². The molecule has 6 atom stereocenters. The summed E-state index contributed by atoms with van der Waals surface area (Å²) in [5.41, 5.74) is -0.0158. The summed E-state index contributed by atoms with van der Waals surface area (Å²) < 4.78 is 5.48. The molecule has 190 valence electrons. The maximum Gasteiger partial charge on any atom is 0.410 e. The first-order valence-corrected chi connectivity index (χ1v) is 13.3. The van der Waals surface area contributed by atoms with Crippen LogP contribution in [-0.2, 0) is 11.3 Å². The Morgan fingerprint density at radius 2 is 1.41 bits per heavy atom. The molecule has 0 aliphatic carbocycles. The van der Waals surface area contributed by atoms with Gasteiger partial charge in [0.15, 0.2) is 0 Å². The quantitative estimate of drug-likeness (QED) is 0.595. The van der Waals surface area contributed by atoms with E-state index in [1.807, 2.05) is 35.2 Å². The van der Waals surface area contributed by atoms with Crippen molar-refractivity contribution in [2.45, 2.75) is 121 Å². The van der Waals surface area contributed by atoms with Gasteiger partial charge in [-0.25, -0.2) is 4.79 Å². The topological polar surface area (TPSA) is 82.0 Å². The SMILES string of the molecule is CC(C)C1(O)C[C@H]2CC[C@@H](C1)N2.CC(C)C1(O)C[C@H]2CC[C@@H](C1)N2C(=O)OCc1ccccc1. The predicted octanol–water partition coefficient (Wildman–Crippen LogP) is 4.63. The number of nitrogens with one attached hydrogen (secondary N) is 1. The lowest BCUT2D eigenvalue weighted by Crippen LogP contribution is -2.55. The molecule has 6 heteroatoms. The molecule has 4 heterocycles. The van der Waals surface area contributed by atoms with Crippen LogP contribution in [0.15, 0.2) is 30.3 Å². The zero-order valence-electron chi connectivity index (χ0n) is 21.4. The van der Waals surface area contributed by atoms with Crippen molar-refractivity contribution in [3.05, 3.63) is 35.9 Å². The molecule has 4 aliphatic rings. The predicted molar refractivity (Wildman–Crippen MR) is 133 cm³/mol. The Bertz CT molecular complexity index is 801. The van der Waals surface area contributed by atoms with Crippen molar-refractivity contribution in [2.75, 3.05) is 0 Å². The molecular weight excluding hydrogens is 428 g/mol. The smallest absolute Gasteiger partial charge is 0.410 e. The van der Waals surface area contributed by atoms with Crippen LogP contribution >= 0.6 is 0 Å². The van der Waals surface area contributed by atoms with Crippen LogP contribution in [0.1, 0.15) is 84.6 Å². The van der Waals surface area contributed by atoms with Crippen molar-refractivity contribution in [1.29, 1.82) is 0 Å². The molecule has 2 unspecified atom stereocenters. The average molecular weight is 473 g/mol. The van der Waals surface area contributed by atoms with Gasteiger partial charge in [-0.05, 0) is 68.8 Å². The van der Waals surface area contributed by atoms with Gasteiger partial charge in [-0.2, -0.15) is 0 Å². The number of benzene rings is 1. The van der Waals surface area contributed by atoms with Crippen molar-refractivity contribution >= 4 is 6.09 Å². The van der Waals surface area contributed by atoms with E-state index >= 15 is 0 Å². The molecule has 0 aromatic heterocycles. The van der Waals surface area contributed by atoms with E-state index in [0.29, 0.717) is 37.5 Å². The summed E-state index contributed by atoms with van der Waals surface area (Å²) in [5, 5.41) is 24.6. The fourth-order valence-corrected chi connectivity index (χ4v) is 6.46. The molecule has 4 aliphatic heterocycles. The van der Waals surface area contributed by atoms with Crippen LogP contribution in [0.5, 0.6) is 0 Å². The van der Waals surface area contributed by atoms with Crippen LogP contribution in [0, 0.1) is 11.8 Å². The number of hydrogen-bond acceptors (Lipinski definition) is 5. The van der Waals surface area contributed by atoms with Crippen LogP contribution in [0.25, 0.3) is 0 Å². The summed E-state index contributed by atoms with van der Waals surface area (Å²) >= 11 is 0. The standard InChI is InChI=1S/C18H25NO3.C10H19NO/c1-13(2)18(21)10-15-8-9-16(11-18)19(15)17(20)22-12-14-6-4-3-5-7-14;1-7(2)10(12)5-8-3-4-9(6-10)11-8/h3-7,13,15-16,21H,8-12H2,1-2H3;7-9,11-12H,3-6H2,1-2H3/t15-,16+,18?;8-,9+,10?. The molecule has 4 bridgehead atoms. The highest BCUT2D eigenvalue weighted by molar-refractivity contribution is 5.69. The second kappa shape index (κ2) is 10.2. The molecule has 5 rings (SSSR count). The van der Waals surface area contributed by atoms with Gasteiger partial charge in [0.2, 0.25) is 0 Å². The molecule has 0 saturated carbocycles. The lowest BCUT2D eigenvalue weighted by Gasteiger charge is -2.45. The van der Waals surface area contributed by atoms with Crippen molar-refractivity contribution in [1.82, 2.24) is 10.2 Å². The monoisotopic (exact) mass is 472 g/mol. The largest absolute Gasteiger partial charge is 0.445 e. The Morgan fingerprint density at radius 1 is 0.912 bits per heavy atom. The second-order valence-corrected chi connectivity index (χ2v) is 11.8. The van der Waals surface area contributed by atoms with Crippen LogP contribution < -0.4 is 5.32 Å². The second-order valence-electron chi connectivity index (χ2n) is 11.8. The molecule has 3 N–H and O–H groups in total. The number of carbonyl (C=O) groups is 1. The molecule has 6 nitrogen and oxygen atoms in total. The van der Waals surface area contributed by atoms with Gasteiger partial charge < -0.3 is 25.2 Å². The van der Waals surface area contributed by atoms with E-state index in [-0.39, 0.29) is 29.7 Å². The number of aliphatic hydroxyl groups is 2. The molecule has 4 fully saturated rings. The Balaban J connectivity index is 0.000000192. The fraction of sp³-hybridized carbons (Fsp3) is 0.750. The Hall–Kier alpha value is -1.63. The maximum absolute atomic E-state index is 12.4. The van der Waals surface area contributed by atoms with Gasteiger partial charge in [0.1, 0.15) is 6.61 Å². The lowest BCUT2D eigenvalue weighted by atomic mass is 9.78. The maximum atomic E-state index is 12.4. The van der Waals surface area contributed by atoms with Crippen molar-refractivity contribution in [2.24, 2.45) is 11.8 Å². The van der Waals surface area contributed by atoms with E-state index in [9.17, 15) is 15.0 Å². The minimum absolute atomic E-state index is 0.120. The number of rotatable bonds is 4. The molecule has 0 radical (unpaired) electrons. The number of carbonyl (C=O) groups excluding carboxylic acids is 1. The van der Waals surface area contributed by atoms with Gasteiger partial charge in [0.25, 0.3) is 0 Å². The van der Waals surface area contributed by atoms with E-state index in [2.05, 4.69) is 33.0 Å². The van der Waals surface area contributed by atoms with Crippen molar-refractivity contribution < 1.29 is 19.7 Å². The highest BCUT2D eigenvalue weighted by Crippen LogP contribution is 2.44. The van der Waals surface area contributed by atoms with Crippen LogP contribution in [0.2, 0.25) is 0 Å². The Labute approximate surface area is 205 Å². The third-order valence-corrected chi connectivity index (χ3v) is 8.90. The molecule has 34 heavy (non-hydrogen) atoms. The summed E-state index contributed by atoms with van der Waals surface area (Å²) in [6.45, 7) is 8.69.